The van der Waals surface area contributed by atoms with Gasteiger partial charge in [-0.2, -0.15) is 0 Å². The van der Waals surface area contributed by atoms with Crippen LogP contribution in [0.3, 0.4) is 0 Å². The molecule has 2 rings (SSSR count). The molecular weight excluding hydrogens is 356 g/mol. The number of amides is 2. The summed E-state index contributed by atoms with van der Waals surface area (Å²) in [6.07, 6.45) is 3.59. The highest BCUT2D eigenvalue weighted by molar-refractivity contribution is 5.78. The SMILES string of the molecule is CC(C)[C@@H]1CC[C@@H](C)C[C@@H]1OCC(=O)NCCNC(=O)COc1ccccc1. The van der Waals surface area contributed by atoms with Crippen LogP contribution in [0, 0.1) is 17.8 Å². The van der Waals surface area contributed by atoms with E-state index in [1.165, 1.54) is 12.8 Å². The Morgan fingerprint density at radius 2 is 1.68 bits per heavy atom. The third kappa shape index (κ3) is 7.89. The molecule has 6 nitrogen and oxygen atoms in total. The van der Waals surface area contributed by atoms with Gasteiger partial charge in [-0.05, 0) is 42.7 Å². The molecule has 6 heteroatoms. The highest BCUT2D eigenvalue weighted by atomic mass is 16.5. The first-order chi connectivity index (χ1) is 13.5. The Hall–Kier alpha value is -2.08. The molecule has 0 aliphatic heterocycles. The van der Waals surface area contributed by atoms with E-state index in [-0.39, 0.29) is 31.1 Å². The van der Waals surface area contributed by atoms with Gasteiger partial charge in [0.15, 0.2) is 6.61 Å². The molecule has 1 aromatic carbocycles. The van der Waals surface area contributed by atoms with Gasteiger partial charge in [0.05, 0.1) is 6.10 Å². The van der Waals surface area contributed by atoms with Crippen molar-refractivity contribution < 1.29 is 19.1 Å². The van der Waals surface area contributed by atoms with Crippen LogP contribution in [-0.4, -0.2) is 44.2 Å². The molecule has 28 heavy (non-hydrogen) atoms. The van der Waals surface area contributed by atoms with E-state index < -0.39 is 0 Å². The second kappa shape index (κ2) is 11.7. The summed E-state index contributed by atoms with van der Waals surface area (Å²) in [7, 11) is 0. The summed E-state index contributed by atoms with van der Waals surface area (Å²) >= 11 is 0. The van der Waals surface area contributed by atoms with Crippen molar-refractivity contribution in [2.45, 2.75) is 46.1 Å². The number of hydrogen-bond donors (Lipinski definition) is 2. The van der Waals surface area contributed by atoms with E-state index in [9.17, 15) is 9.59 Å². The van der Waals surface area contributed by atoms with Gasteiger partial charge in [-0.3, -0.25) is 9.59 Å². The lowest BCUT2D eigenvalue weighted by atomic mass is 9.75. The fourth-order valence-electron chi connectivity index (χ4n) is 3.66. The van der Waals surface area contributed by atoms with E-state index in [0.29, 0.717) is 36.6 Å². The predicted molar refractivity (Wildman–Crippen MR) is 109 cm³/mol. The topological polar surface area (TPSA) is 76.7 Å². The molecule has 2 amide bonds. The molecule has 2 N–H and O–H groups in total. The predicted octanol–water partition coefficient (Wildman–Crippen LogP) is 2.78. The summed E-state index contributed by atoms with van der Waals surface area (Å²) in [5.74, 6) is 2.03. The maximum Gasteiger partial charge on any atom is 0.258 e. The summed E-state index contributed by atoms with van der Waals surface area (Å²) in [6, 6.07) is 9.18. The molecule has 0 spiro atoms. The monoisotopic (exact) mass is 390 g/mol. The molecule has 0 bridgehead atoms. The van der Waals surface area contributed by atoms with E-state index >= 15 is 0 Å². The van der Waals surface area contributed by atoms with Crippen molar-refractivity contribution in [1.82, 2.24) is 10.6 Å². The van der Waals surface area contributed by atoms with Crippen LogP contribution in [0.2, 0.25) is 0 Å². The Balaban J connectivity index is 1.57. The van der Waals surface area contributed by atoms with Crippen molar-refractivity contribution >= 4 is 11.8 Å². The van der Waals surface area contributed by atoms with Crippen LogP contribution < -0.4 is 15.4 Å². The van der Waals surface area contributed by atoms with Gasteiger partial charge in [-0.1, -0.05) is 45.4 Å². The third-order valence-corrected chi connectivity index (χ3v) is 5.27. The van der Waals surface area contributed by atoms with Crippen LogP contribution >= 0.6 is 0 Å². The number of carbonyl (C=O) groups excluding carboxylic acids is 2. The minimum Gasteiger partial charge on any atom is -0.484 e. The van der Waals surface area contributed by atoms with Gasteiger partial charge >= 0.3 is 0 Å². The highest BCUT2D eigenvalue weighted by Gasteiger charge is 2.31. The number of rotatable bonds is 10. The second-order valence-electron chi connectivity index (χ2n) is 7.98. The number of ether oxygens (including phenoxy) is 2. The molecule has 0 aromatic heterocycles. The average Bonchev–Trinajstić information content (AvgIpc) is 2.68. The normalized spacial score (nSPS) is 21.9. The summed E-state index contributed by atoms with van der Waals surface area (Å²) in [4.78, 5) is 23.8. The lowest BCUT2D eigenvalue weighted by molar-refractivity contribution is -0.131. The molecule has 0 unspecified atom stereocenters. The largest absolute Gasteiger partial charge is 0.484 e. The molecule has 1 aliphatic carbocycles. The van der Waals surface area contributed by atoms with Crippen LogP contribution in [0.5, 0.6) is 5.75 Å². The molecule has 0 saturated heterocycles. The first kappa shape index (κ1) is 22.2. The molecule has 156 valence electrons. The van der Waals surface area contributed by atoms with Gasteiger partial charge in [0.2, 0.25) is 5.91 Å². The number of hydrogen-bond acceptors (Lipinski definition) is 4. The number of para-hydroxylation sites is 1. The standard InChI is InChI=1S/C22H34N2O4/c1-16(2)19-10-9-17(3)13-20(19)28-15-22(26)24-12-11-23-21(25)14-27-18-7-5-4-6-8-18/h4-8,16-17,19-20H,9-15H2,1-3H3,(H,23,25)(H,24,26)/t17-,19+,20+/m1/s1. The van der Waals surface area contributed by atoms with Crippen molar-refractivity contribution in [3.05, 3.63) is 30.3 Å². The Kier molecular flexibility index (Phi) is 9.28. The molecule has 1 fully saturated rings. The van der Waals surface area contributed by atoms with Gasteiger partial charge in [-0.15, -0.1) is 0 Å². The van der Waals surface area contributed by atoms with E-state index in [1.807, 2.05) is 18.2 Å². The van der Waals surface area contributed by atoms with Crippen LogP contribution in [0.15, 0.2) is 30.3 Å². The maximum atomic E-state index is 12.0. The maximum absolute atomic E-state index is 12.0. The highest BCUT2D eigenvalue weighted by Crippen LogP contribution is 2.35. The van der Waals surface area contributed by atoms with E-state index in [1.54, 1.807) is 12.1 Å². The minimum absolute atomic E-state index is 0.0441. The van der Waals surface area contributed by atoms with Crippen LogP contribution in [0.1, 0.15) is 40.0 Å². The van der Waals surface area contributed by atoms with Crippen LogP contribution in [-0.2, 0) is 14.3 Å². The van der Waals surface area contributed by atoms with Crippen molar-refractivity contribution in [1.29, 1.82) is 0 Å². The summed E-state index contributed by atoms with van der Waals surface area (Å²) in [5, 5.41) is 5.51. The minimum atomic E-state index is -0.217. The first-order valence-electron chi connectivity index (χ1n) is 10.3. The number of carbonyl (C=O) groups is 2. The van der Waals surface area contributed by atoms with Crippen molar-refractivity contribution in [2.24, 2.45) is 17.8 Å². The van der Waals surface area contributed by atoms with E-state index in [0.717, 1.165) is 6.42 Å². The van der Waals surface area contributed by atoms with E-state index in [4.69, 9.17) is 9.47 Å². The Bertz CT molecular complexity index is 606. The molecule has 0 heterocycles. The van der Waals surface area contributed by atoms with Crippen molar-refractivity contribution in [3.63, 3.8) is 0 Å². The van der Waals surface area contributed by atoms with Gasteiger partial charge in [0.1, 0.15) is 12.4 Å². The van der Waals surface area contributed by atoms with Gasteiger partial charge in [0, 0.05) is 13.1 Å². The number of nitrogens with one attached hydrogen (secondary N) is 2. The lowest BCUT2D eigenvalue weighted by Crippen LogP contribution is -2.40. The molecule has 1 aromatic rings. The Labute approximate surface area is 168 Å². The molecule has 1 saturated carbocycles. The van der Waals surface area contributed by atoms with E-state index in [2.05, 4.69) is 31.4 Å². The van der Waals surface area contributed by atoms with Crippen LogP contribution in [0.4, 0.5) is 0 Å². The molecular formula is C22H34N2O4. The van der Waals surface area contributed by atoms with Crippen molar-refractivity contribution in [3.8, 4) is 5.75 Å². The quantitative estimate of drug-likeness (QED) is 0.602. The zero-order chi connectivity index (χ0) is 20.4. The second-order valence-corrected chi connectivity index (χ2v) is 7.98. The molecule has 3 atom stereocenters. The molecule has 0 radical (unpaired) electrons. The Morgan fingerprint density at radius 1 is 1.04 bits per heavy atom. The first-order valence-corrected chi connectivity index (χ1v) is 10.3. The van der Waals surface area contributed by atoms with Gasteiger partial charge in [0.25, 0.3) is 5.91 Å². The zero-order valence-electron chi connectivity index (χ0n) is 17.3. The third-order valence-electron chi connectivity index (χ3n) is 5.27. The smallest absolute Gasteiger partial charge is 0.258 e. The summed E-state index contributed by atoms with van der Waals surface area (Å²) < 4.78 is 11.3. The summed E-state index contributed by atoms with van der Waals surface area (Å²) in [6.45, 7) is 7.45. The fraction of sp³-hybridized carbons (Fsp3) is 0.636. The zero-order valence-corrected chi connectivity index (χ0v) is 17.3. The van der Waals surface area contributed by atoms with Gasteiger partial charge < -0.3 is 20.1 Å². The lowest BCUT2D eigenvalue weighted by Gasteiger charge is -2.37. The van der Waals surface area contributed by atoms with Gasteiger partial charge in [-0.25, -0.2) is 0 Å². The fourth-order valence-corrected chi connectivity index (χ4v) is 3.66. The van der Waals surface area contributed by atoms with Crippen molar-refractivity contribution in [2.75, 3.05) is 26.3 Å². The average molecular weight is 391 g/mol. The number of benzene rings is 1. The Morgan fingerprint density at radius 3 is 2.32 bits per heavy atom. The summed E-state index contributed by atoms with van der Waals surface area (Å²) in [5.41, 5.74) is 0. The van der Waals surface area contributed by atoms with Crippen LogP contribution in [0.25, 0.3) is 0 Å². The molecule has 1 aliphatic rings.